The Morgan fingerprint density at radius 3 is 2.63 bits per heavy atom. The number of aromatic amines is 1. The molecule has 7 nitrogen and oxygen atoms in total. The van der Waals surface area contributed by atoms with Crippen LogP contribution in [0, 0.1) is 5.82 Å². The summed E-state index contributed by atoms with van der Waals surface area (Å²) in [4.78, 5) is 28.4. The molecule has 0 unspecified atom stereocenters. The maximum atomic E-state index is 15.1. The van der Waals surface area contributed by atoms with E-state index in [4.69, 9.17) is 4.74 Å². The Morgan fingerprint density at radius 1 is 1.23 bits per heavy atom. The zero-order valence-corrected chi connectivity index (χ0v) is 17.0. The Morgan fingerprint density at radius 2 is 1.97 bits per heavy atom. The Labute approximate surface area is 172 Å². The fraction of sp³-hybridized carbons (Fsp3) is 0.364. The molecule has 8 heteroatoms. The van der Waals surface area contributed by atoms with E-state index in [1.54, 1.807) is 0 Å². The van der Waals surface area contributed by atoms with Crippen molar-refractivity contribution in [1.82, 2.24) is 14.5 Å². The maximum Gasteiger partial charge on any atom is 0.341 e. The molecule has 1 aliphatic heterocycles. The van der Waals surface area contributed by atoms with Crippen molar-refractivity contribution in [2.75, 3.05) is 26.3 Å². The minimum Gasteiger partial charge on any atom is -0.477 e. The van der Waals surface area contributed by atoms with Crippen molar-refractivity contribution >= 4 is 16.9 Å². The lowest BCUT2D eigenvalue weighted by Crippen LogP contribution is -2.36. The number of pyridine rings is 1. The molecule has 0 bridgehead atoms. The second-order valence-electron chi connectivity index (χ2n) is 7.55. The fourth-order valence-electron chi connectivity index (χ4n) is 4.06. The van der Waals surface area contributed by atoms with E-state index < -0.39 is 11.5 Å². The summed E-state index contributed by atoms with van der Waals surface area (Å²) < 4.78 is 22.3. The smallest absolute Gasteiger partial charge is 0.341 e. The number of H-pyrrole nitrogens is 1. The van der Waals surface area contributed by atoms with Gasteiger partial charge in [0, 0.05) is 43.3 Å². The van der Waals surface area contributed by atoms with Gasteiger partial charge in [-0.15, -0.1) is 0 Å². The molecule has 4 rings (SSSR count). The normalized spacial score (nSPS) is 15.0. The first kappa shape index (κ1) is 20.3. The number of aryl methyl sites for hydroxylation is 2. The highest BCUT2D eigenvalue weighted by Gasteiger charge is 2.19. The number of hydrogen-bond donors (Lipinski definition) is 2. The maximum absolute atomic E-state index is 15.1. The van der Waals surface area contributed by atoms with E-state index in [0.29, 0.717) is 48.5 Å². The Balaban J connectivity index is 1.79. The number of rotatable bonds is 5. The van der Waals surface area contributed by atoms with Gasteiger partial charge in [0.1, 0.15) is 11.4 Å². The minimum absolute atomic E-state index is 0.315. The van der Waals surface area contributed by atoms with Crippen LogP contribution in [-0.2, 0) is 24.8 Å². The standard InChI is InChI=1S/C22H24FN3O4/c1-3-13-10-17(22(28)29)21(27)24-19(13)14-8-15-9-16(12-26-4-6-30-7-5-26)25(2)20(15)18(23)11-14/h8-11H,3-7,12H2,1-2H3,(H,24,27)(H,28,29). The van der Waals surface area contributed by atoms with Gasteiger partial charge in [-0.05, 0) is 36.2 Å². The van der Waals surface area contributed by atoms with Gasteiger partial charge in [0.2, 0.25) is 0 Å². The van der Waals surface area contributed by atoms with Crippen molar-refractivity contribution < 1.29 is 19.0 Å². The molecule has 0 radical (unpaired) electrons. The van der Waals surface area contributed by atoms with Gasteiger partial charge in [-0.2, -0.15) is 0 Å². The van der Waals surface area contributed by atoms with Crippen LogP contribution in [0.4, 0.5) is 4.39 Å². The number of aromatic nitrogens is 2. The molecule has 0 aliphatic carbocycles. The summed E-state index contributed by atoms with van der Waals surface area (Å²) in [6.45, 7) is 5.64. The number of aromatic carboxylic acids is 1. The number of fused-ring (bicyclic) bond motifs is 1. The van der Waals surface area contributed by atoms with E-state index in [0.717, 1.165) is 24.2 Å². The summed E-state index contributed by atoms with van der Waals surface area (Å²) in [7, 11) is 1.85. The van der Waals surface area contributed by atoms with Crippen LogP contribution in [0.1, 0.15) is 28.5 Å². The van der Waals surface area contributed by atoms with E-state index in [1.165, 1.54) is 12.1 Å². The van der Waals surface area contributed by atoms with E-state index in [-0.39, 0.29) is 11.4 Å². The second-order valence-corrected chi connectivity index (χ2v) is 7.55. The molecular formula is C22H24FN3O4. The predicted octanol–water partition coefficient (Wildman–Crippen LogP) is 2.77. The highest BCUT2D eigenvalue weighted by Crippen LogP contribution is 2.30. The van der Waals surface area contributed by atoms with Gasteiger partial charge in [-0.3, -0.25) is 9.69 Å². The number of carboxylic acid groups (broad SMARTS) is 1. The Kier molecular flexibility index (Phi) is 5.44. The van der Waals surface area contributed by atoms with E-state index in [1.807, 2.05) is 30.7 Å². The number of halogens is 1. The molecule has 1 saturated heterocycles. The third-order valence-electron chi connectivity index (χ3n) is 5.69. The third-order valence-corrected chi connectivity index (χ3v) is 5.69. The van der Waals surface area contributed by atoms with Crippen LogP contribution in [0.15, 0.2) is 29.1 Å². The highest BCUT2D eigenvalue weighted by atomic mass is 19.1. The lowest BCUT2D eigenvalue weighted by atomic mass is 10.0. The van der Waals surface area contributed by atoms with E-state index >= 15 is 4.39 Å². The SMILES string of the molecule is CCc1cc(C(=O)O)c(=O)[nH]c1-c1cc(F)c2c(c1)cc(CN1CCOCC1)n2C. The minimum atomic E-state index is -1.28. The van der Waals surface area contributed by atoms with Crippen LogP contribution in [0.25, 0.3) is 22.2 Å². The molecule has 0 saturated carbocycles. The highest BCUT2D eigenvalue weighted by molar-refractivity contribution is 5.89. The molecule has 0 atom stereocenters. The zero-order valence-electron chi connectivity index (χ0n) is 17.0. The quantitative estimate of drug-likeness (QED) is 0.672. The van der Waals surface area contributed by atoms with Crippen molar-refractivity contribution in [1.29, 1.82) is 0 Å². The number of nitrogens with zero attached hydrogens (tertiary/aromatic N) is 2. The lowest BCUT2D eigenvalue weighted by molar-refractivity contribution is 0.0333. The van der Waals surface area contributed by atoms with Crippen molar-refractivity contribution in [3.63, 3.8) is 0 Å². The average Bonchev–Trinajstić information content (AvgIpc) is 3.04. The molecule has 3 aromatic rings. The van der Waals surface area contributed by atoms with Crippen molar-refractivity contribution in [2.24, 2.45) is 7.05 Å². The molecular weight excluding hydrogens is 389 g/mol. The molecule has 1 aromatic carbocycles. The number of carbonyl (C=O) groups is 1. The third kappa shape index (κ3) is 3.64. The first-order chi connectivity index (χ1) is 14.4. The molecule has 2 aromatic heterocycles. The summed E-state index contributed by atoms with van der Waals surface area (Å²) >= 11 is 0. The van der Waals surface area contributed by atoms with Gasteiger partial charge < -0.3 is 19.4 Å². The zero-order chi connectivity index (χ0) is 21.4. The van der Waals surface area contributed by atoms with Crippen LogP contribution in [0.2, 0.25) is 0 Å². The van der Waals surface area contributed by atoms with Gasteiger partial charge in [0.05, 0.1) is 24.4 Å². The molecule has 2 N–H and O–H groups in total. The number of benzene rings is 1. The predicted molar refractivity (Wildman–Crippen MR) is 111 cm³/mol. The number of ether oxygens (including phenoxy) is 1. The monoisotopic (exact) mass is 413 g/mol. The summed E-state index contributed by atoms with van der Waals surface area (Å²) in [6, 6.07) is 6.57. The van der Waals surface area contributed by atoms with E-state index in [2.05, 4.69) is 9.88 Å². The number of carboxylic acids is 1. The van der Waals surface area contributed by atoms with Crippen molar-refractivity contribution in [2.45, 2.75) is 19.9 Å². The summed E-state index contributed by atoms with van der Waals surface area (Å²) in [5.41, 5.74) is 2.11. The Bertz CT molecular complexity index is 1180. The molecule has 1 aliphatic rings. The summed E-state index contributed by atoms with van der Waals surface area (Å²) in [5, 5.41) is 9.94. The molecule has 1 fully saturated rings. The van der Waals surface area contributed by atoms with Gasteiger partial charge in [-0.25, -0.2) is 9.18 Å². The number of hydrogen-bond acceptors (Lipinski definition) is 4. The number of nitrogens with one attached hydrogen (secondary N) is 1. The topological polar surface area (TPSA) is 87.6 Å². The summed E-state index contributed by atoms with van der Waals surface area (Å²) in [6.07, 6.45) is 0.503. The first-order valence-electron chi connectivity index (χ1n) is 9.96. The van der Waals surface area contributed by atoms with Crippen LogP contribution < -0.4 is 5.56 Å². The average molecular weight is 413 g/mol. The molecule has 0 spiro atoms. The van der Waals surface area contributed by atoms with Crippen LogP contribution in [0.3, 0.4) is 0 Å². The lowest BCUT2D eigenvalue weighted by Gasteiger charge is -2.26. The van der Waals surface area contributed by atoms with Gasteiger partial charge in [-0.1, -0.05) is 6.92 Å². The molecule has 3 heterocycles. The van der Waals surface area contributed by atoms with E-state index in [9.17, 15) is 14.7 Å². The number of morpholine rings is 1. The molecule has 158 valence electrons. The van der Waals surface area contributed by atoms with Crippen LogP contribution >= 0.6 is 0 Å². The van der Waals surface area contributed by atoms with Gasteiger partial charge >= 0.3 is 5.97 Å². The van der Waals surface area contributed by atoms with Gasteiger partial charge in [0.15, 0.2) is 0 Å². The molecule has 30 heavy (non-hydrogen) atoms. The molecule has 0 amide bonds. The van der Waals surface area contributed by atoms with Crippen LogP contribution in [-0.4, -0.2) is 51.8 Å². The van der Waals surface area contributed by atoms with Gasteiger partial charge in [0.25, 0.3) is 5.56 Å². The second kappa shape index (κ2) is 8.04. The van der Waals surface area contributed by atoms with Crippen LogP contribution in [0.5, 0.6) is 0 Å². The first-order valence-corrected chi connectivity index (χ1v) is 9.96. The summed E-state index contributed by atoms with van der Waals surface area (Å²) in [5.74, 6) is -1.67. The van der Waals surface area contributed by atoms with Crippen molar-refractivity contribution in [3.8, 4) is 11.3 Å². The van der Waals surface area contributed by atoms with Crippen molar-refractivity contribution in [3.05, 3.63) is 57.3 Å². The fourth-order valence-corrected chi connectivity index (χ4v) is 4.06. The largest absolute Gasteiger partial charge is 0.477 e. The Hall–Kier alpha value is -2.97.